The van der Waals surface area contributed by atoms with Gasteiger partial charge in [-0.1, -0.05) is 0 Å². The summed E-state index contributed by atoms with van der Waals surface area (Å²) < 4.78 is 0. The summed E-state index contributed by atoms with van der Waals surface area (Å²) in [7, 11) is 0. The minimum atomic E-state index is -0.0313. The van der Waals surface area contributed by atoms with E-state index in [0.29, 0.717) is 11.5 Å². The van der Waals surface area contributed by atoms with Crippen molar-refractivity contribution in [1.29, 1.82) is 0 Å². The monoisotopic (exact) mass is 302 g/mol. The molecule has 0 atom stereocenters. The molecule has 104 valence electrons. The number of carbonyl (C=O) groups is 1. The highest BCUT2D eigenvalue weighted by atomic mass is 35.5. The third-order valence-electron chi connectivity index (χ3n) is 3.11. The maximum atomic E-state index is 12.0. The van der Waals surface area contributed by atoms with E-state index in [4.69, 9.17) is 0 Å². The number of rotatable bonds is 3. The molecular formula is C12H16Cl2N4O. The Bertz CT molecular complexity index is 553. The van der Waals surface area contributed by atoms with Gasteiger partial charge < -0.3 is 15.6 Å². The number of nitrogens with zero attached hydrogens (tertiary/aromatic N) is 1. The van der Waals surface area contributed by atoms with Crippen LogP contribution < -0.4 is 10.6 Å². The molecule has 3 rings (SSSR count). The van der Waals surface area contributed by atoms with Crippen molar-refractivity contribution in [2.45, 2.75) is 0 Å². The van der Waals surface area contributed by atoms with Gasteiger partial charge in [0, 0.05) is 43.3 Å². The van der Waals surface area contributed by atoms with Gasteiger partial charge in [-0.05, 0) is 12.1 Å². The second-order valence-corrected chi connectivity index (χ2v) is 4.34. The molecule has 7 heteroatoms. The van der Waals surface area contributed by atoms with Crippen molar-refractivity contribution in [3.63, 3.8) is 0 Å². The molecule has 3 heterocycles. The van der Waals surface area contributed by atoms with Crippen LogP contribution in [0.4, 0.5) is 0 Å². The number of halogens is 2. The van der Waals surface area contributed by atoms with E-state index in [-0.39, 0.29) is 30.7 Å². The van der Waals surface area contributed by atoms with Crippen molar-refractivity contribution in [1.82, 2.24) is 20.6 Å². The summed E-state index contributed by atoms with van der Waals surface area (Å²) >= 11 is 0. The van der Waals surface area contributed by atoms with Crippen LogP contribution in [0.2, 0.25) is 0 Å². The Balaban J connectivity index is 0.000000902. The third kappa shape index (κ3) is 3.18. The topological polar surface area (TPSA) is 69.8 Å². The van der Waals surface area contributed by atoms with Crippen molar-refractivity contribution >= 4 is 41.8 Å². The number of nitrogens with one attached hydrogen (secondary N) is 3. The molecule has 0 bridgehead atoms. The molecule has 1 saturated heterocycles. The Labute approximate surface area is 123 Å². The van der Waals surface area contributed by atoms with Gasteiger partial charge in [0.1, 0.15) is 5.65 Å². The van der Waals surface area contributed by atoms with Crippen LogP contribution in [0.1, 0.15) is 10.4 Å². The smallest absolute Gasteiger partial charge is 0.253 e. The van der Waals surface area contributed by atoms with E-state index in [1.165, 1.54) is 0 Å². The Hall–Kier alpha value is -1.30. The minimum absolute atomic E-state index is 0. The van der Waals surface area contributed by atoms with Crippen LogP contribution >= 0.6 is 24.8 Å². The lowest BCUT2D eigenvalue weighted by atomic mass is 10.0. The van der Waals surface area contributed by atoms with Crippen LogP contribution in [0.15, 0.2) is 24.5 Å². The lowest BCUT2D eigenvalue weighted by Crippen LogP contribution is -2.48. The Morgan fingerprint density at radius 3 is 2.89 bits per heavy atom. The van der Waals surface area contributed by atoms with Crippen LogP contribution in [0.25, 0.3) is 11.0 Å². The standard InChI is InChI=1S/C12H14N4O.2ClH/c17-12(16-6-8-4-13-5-8)10-7-15-11-9(10)2-1-3-14-11;;/h1-3,7-8,13H,4-6H2,(H,14,15)(H,16,17);2*1H. The molecule has 5 nitrogen and oxygen atoms in total. The summed E-state index contributed by atoms with van der Waals surface area (Å²) in [6, 6.07) is 3.74. The molecule has 0 radical (unpaired) electrons. The molecule has 3 N–H and O–H groups in total. The van der Waals surface area contributed by atoms with E-state index in [1.807, 2.05) is 12.1 Å². The first-order valence-electron chi connectivity index (χ1n) is 5.75. The van der Waals surface area contributed by atoms with E-state index in [1.54, 1.807) is 12.4 Å². The van der Waals surface area contributed by atoms with Crippen LogP contribution in [-0.2, 0) is 0 Å². The van der Waals surface area contributed by atoms with Crippen molar-refractivity contribution < 1.29 is 4.79 Å². The first kappa shape index (κ1) is 15.8. The van der Waals surface area contributed by atoms with Gasteiger partial charge in [-0.3, -0.25) is 4.79 Å². The lowest BCUT2D eigenvalue weighted by molar-refractivity contribution is 0.0944. The Kier molecular flexibility index (Phi) is 5.60. The fourth-order valence-electron chi connectivity index (χ4n) is 1.97. The average molecular weight is 303 g/mol. The van der Waals surface area contributed by atoms with Crippen molar-refractivity contribution in [2.75, 3.05) is 19.6 Å². The number of pyridine rings is 1. The van der Waals surface area contributed by atoms with Crippen molar-refractivity contribution in [3.05, 3.63) is 30.1 Å². The van der Waals surface area contributed by atoms with Gasteiger partial charge in [-0.15, -0.1) is 24.8 Å². The second kappa shape index (κ2) is 6.75. The maximum absolute atomic E-state index is 12.0. The van der Waals surface area contributed by atoms with Crippen LogP contribution in [-0.4, -0.2) is 35.5 Å². The predicted octanol–water partition coefficient (Wildman–Crippen LogP) is 1.36. The number of aromatic amines is 1. The highest BCUT2D eigenvalue weighted by Crippen LogP contribution is 2.15. The summed E-state index contributed by atoms with van der Waals surface area (Å²) in [6.45, 7) is 2.73. The molecule has 1 fully saturated rings. The molecular weight excluding hydrogens is 287 g/mol. The zero-order valence-corrected chi connectivity index (χ0v) is 11.8. The number of fused-ring (bicyclic) bond motifs is 1. The van der Waals surface area contributed by atoms with Gasteiger partial charge in [-0.2, -0.15) is 0 Å². The van der Waals surface area contributed by atoms with Crippen molar-refractivity contribution in [3.8, 4) is 0 Å². The third-order valence-corrected chi connectivity index (χ3v) is 3.11. The highest BCUT2D eigenvalue weighted by molar-refractivity contribution is 6.05. The van der Waals surface area contributed by atoms with Crippen LogP contribution in [0, 0.1) is 5.92 Å². The molecule has 1 aliphatic heterocycles. The van der Waals surface area contributed by atoms with Gasteiger partial charge in [0.05, 0.1) is 5.56 Å². The summed E-state index contributed by atoms with van der Waals surface area (Å²) in [5, 5.41) is 7.01. The van der Waals surface area contributed by atoms with Gasteiger partial charge in [-0.25, -0.2) is 4.98 Å². The number of hydrogen-bond acceptors (Lipinski definition) is 3. The first-order chi connectivity index (χ1) is 8.34. The number of hydrogen-bond donors (Lipinski definition) is 3. The summed E-state index contributed by atoms with van der Waals surface area (Å²) in [6.07, 6.45) is 3.42. The molecule has 2 aromatic rings. The molecule has 1 aliphatic rings. The second-order valence-electron chi connectivity index (χ2n) is 4.34. The Morgan fingerprint density at radius 1 is 1.42 bits per heavy atom. The predicted molar refractivity (Wildman–Crippen MR) is 79.3 cm³/mol. The highest BCUT2D eigenvalue weighted by Gasteiger charge is 2.18. The molecule has 0 aromatic carbocycles. The normalized spacial score (nSPS) is 14.1. The summed E-state index contributed by atoms with van der Waals surface area (Å²) in [5.74, 6) is 0.540. The molecule has 1 amide bonds. The van der Waals surface area contributed by atoms with Gasteiger partial charge >= 0.3 is 0 Å². The van der Waals surface area contributed by atoms with E-state index in [9.17, 15) is 4.79 Å². The zero-order valence-electron chi connectivity index (χ0n) is 10.2. The Morgan fingerprint density at radius 2 is 2.21 bits per heavy atom. The van der Waals surface area contributed by atoms with Gasteiger partial charge in [0.2, 0.25) is 0 Å². The summed E-state index contributed by atoms with van der Waals surface area (Å²) in [5.41, 5.74) is 1.42. The SMILES string of the molecule is Cl.Cl.O=C(NCC1CNC1)c1c[nH]c2ncccc12. The zero-order chi connectivity index (χ0) is 11.7. The van der Waals surface area contributed by atoms with E-state index < -0.39 is 0 Å². The molecule has 0 aliphatic carbocycles. The molecule has 0 unspecified atom stereocenters. The number of amides is 1. The first-order valence-corrected chi connectivity index (χ1v) is 5.75. The van der Waals surface area contributed by atoms with E-state index in [0.717, 1.165) is 30.7 Å². The van der Waals surface area contributed by atoms with Gasteiger partial charge in [0.15, 0.2) is 0 Å². The van der Waals surface area contributed by atoms with Crippen LogP contribution in [0.3, 0.4) is 0 Å². The average Bonchev–Trinajstić information content (AvgIpc) is 2.70. The quantitative estimate of drug-likeness (QED) is 0.802. The van der Waals surface area contributed by atoms with E-state index in [2.05, 4.69) is 20.6 Å². The number of aromatic nitrogens is 2. The van der Waals surface area contributed by atoms with Gasteiger partial charge in [0.25, 0.3) is 5.91 Å². The van der Waals surface area contributed by atoms with Crippen molar-refractivity contribution in [2.24, 2.45) is 5.92 Å². The molecule has 0 saturated carbocycles. The number of H-pyrrole nitrogens is 1. The molecule has 19 heavy (non-hydrogen) atoms. The largest absolute Gasteiger partial charge is 0.352 e. The molecule has 0 spiro atoms. The van der Waals surface area contributed by atoms with E-state index >= 15 is 0 Å². The lowest BCUT2D eigenvalue weighted by Gasteiger charge is -2.26. The molecule has 2 aromatic heterocycles. The fraction of sp³-hybridized carbons (Fsp3) is 0.333. The minimum Gasteiger partial charge on any atom is -0.352 e. The maximum Gasteiger partial charge on any atom is 0.253 e. The fourth-order valence-corrected chi connectivity index (χ4v) is 1.97. The summed E-state index contributed by atoms with van der Waals surface area (Å²) in [4.78, 5) is 19.1. The number of carbonyl (C=O) groups excluding carboxylic acids is 1. The van der Waals surface area contributed by atoms with Crippen LogP contribution in [0.5, 0.6) is 0 Å².